The molecule has 0 saturated heterocycles. The molecule has 1 unspecified atom stereocenters. The Morgan fingerprint density at radius 2 is 1.88 bits per heavy atom. The Hall–Kier alpha value is -0.470. The van der Waals surface area contributed by atoms with Crippen molar-refractivity contribution in [2.75, 3.05) is 11.5 Å². The van der Waals surface area contributed by atoms with Crippen LogP contribution in [0, 0.1) is 19.8 Å². The zero-order chi connectivity index (χ0) is 12.1. The Morgan fingerprint density at radius 1 is 1.19 bits per heavy atom. The van der Waals surface area contributed by atoms with Crippen LogP contribution < -0.4 is 0 Å². The zero-order valence-corrected chi connectivity index (χ0v) is 11.5. The summed E-state index contributed by atoms with van der Waals surface area (Å²) in [4.78, 5) is 0. The number of aliphatic hydroxyl groups is 1. The van der Waals surface area contributed by atoms with Crippen molar-refractivity contribution in [3.8, 4) is 0 Å². The third-order valence-corrected chi connectivity index (χ3v) is 3.97. The fraction of sp³-hybridized carbons (Fsp3) is 0.571. The Kier molecular flexibility index (Phi) is 5.36. The monoisotopic (exact) mass is 238 g/mol. The summed E-state index contributed by atoms with van der Waals surface area (Å²) in [5.41, 5.74) is 3.48. The lowest BCUT2D eigenvalue weighted by atomic mass is 10.0. The third-order valence-electron chi connectivity index (χ3n) is 2.52. The molecule has 0 aromatic heterocycles. The molecule has 0 amide bonds. The van der Waals surface area contributed by atoms with Gasteiger partial charge in [-0.3, -0.25) is 0 Å². The smallest absolute Gasteiger partial charge is 0.0883 e. The zero-order valence-electron chi connectivity index (χ0n) is 10.7. The Bertz CT molecular complexity index is 334. The van der Waals surface area contributed by atoms with Crippen LogP contribution in [0.15, 0.2) is 18.2 Å². The predicted octanol–water partition coefficient (Wildman–Crippen LogP) is 3.73. The van der Waals surface area contributed by atoms with Crippen molar-refractivity contribution in [3.63, 3.8) is 0 Å². The first-order valence-electron chi connectivity index (χ1n) is 5.83. The van der Waals surface area contributed by atoms with Crippen LogP contribution in [-0.4, -0.2) is 16.6 Å². The number of rotatable bonds is 5. The van der Waals surface area contributed by atoms with Gasteiger partial charge in [0.1, 0.15) is 0 Å². The molecule has 2 heteroatoms. The van der Waals surface area contributed by atoms with E-state index in [1.54, 1.807) is 0 Å². The topological polar surface area (TPSA) is 20.2 Å². The lowest BCUT2D eigenvalue weighted by Gasteiger charge is -2.15. The van der Waals surface area contributed by atoms with Gasteiger partial charge in [0, 0.05) is 5.75 Å². The number of hydrogen-bond acceptors (Lipinski definition) is 2. The van der Waals surface area contributed by atoms with Crippen molar-refractivity contribution in [2.45, 2.75) is 33.8 Å². The van der Waals surface area contributed by atoms with Gasteiger partial charge in [-0.05, 0) is 36.6 Å². The molecule has 1 rings (SSSR count). The lowest BCUT2D eigenvalue weighted by molar-refractivity contribution is 0.203. The van der Waals surface area contributed by atoms with Gasteiger partial charge in [-0.25, -0.2) is 0 Å². The van der Waals surface area contributed by atoms with Crippen molar-refractivity contribution in [1.82, 2.24) is 0 Å². The van der Waals surface area contributed by atoms with Crippen LogP contribution in [0.1, 0.15) is 36.6 Å². The van der Waals surface area contributed by atoms with Gasteiger partial charge in [0.25, 0.3) is 0 Å². The first-order valence-corrected chi connectivity index (χ1v) is 6.99. The van der Waals surface area contributed by atoms with E-state index >= 15 is 0 Å². The maximum Gasteiger partial charge on any atom is 0.0883 e. The van der Waals surface area contributed by atoms with E-state index in [-0.39, 0.29) is 6.10 Å². The molecule has 0 fully saturated rings. The molecule has 0 bridgehead atoms. The summed E-state index contributed by atoms with van der Waals surface area (Å²) in [5, 5.41) is 10.1. The van der Waals surface area contributed by atoms with Gasteiger partial charge in [0.05, 0.1) is 6.10 Å². The van der Waals surface area contributed by atoms with Crippen LogP contribution in [0.3, 0.4) is 0 Å². The summed E-state index contributed by atoms with van der Waals surface area (Å²) in [6.07, 6.45) is -0.330. The molecule has 0 radical (unpaired) electrons. The quantitative estimate of drug-likeness (QED) is 0.843. The average Bonchev–Trinajstić information content (AvgIpc) is 2.21. The van der Waals surface area contributed by atoms with Crippen LogP contribution in [0.2, 0.25) is 0 Å². The second-order valence-corrected chi connectivity index (χ2v) is 5.88. The fourth-order valence-electron chi connectivity index (χ4n) is 1.62. The van der Waals surface area contributed by atoms with Crippen molar-refractivity contribution >= 4 is 11.8 Å². The molecule has 0 aliphatic carbocycles. The Morgan fingerprint density at radius 3 is 2.50 bits per heavy atom. The summed E-state index contributed by atoms with van der Waals surface area (Å²) >= 11 is 1.83. The minimum Gasteiger partial charge on any atom is -0.388 e. The molecule has 1 atom stereocenters. The summed E-state index contributed by atoms with van der Waals surface area (Å²) in [7, 11) is 0. The van der Waals surface area contributed by atoms with Crippen molar-refractivity contribution in [2.24, 2.45) is 5.92 Å². The maximum atomic E-state index is 10.1. The normalized spacial score (nSPS) is 13.1. The number of aryl methyl sites for hydroxylation is 2. The predicted molar refractivity (Wildman–Crippen MR) is 73.0 cm³/mol. The summed E-state index contributed by atoms with van der Waals surface area (Å²) in [5.74, 6) is 2.60. The molecule has 0 saturated carbocycles. The fourth-order valence-corrected chi connectivity index (χ4v) is 2.63. The van der Waals surface area contributed by atoms with Gasteiger partial charge in [-0.15, -0.1) is 0 Å². The number of aliphatic hydroxyl groups excluding tert-OH is 1. The van der Waals surface area contributed by atoms with Gasteiger partial charge in [0.2, 0.25) is 0 Å². The van der Waals surface area contributed by atoms with Gasteiger partial charge in [-0.2, -0.15) is 11.8 Å². The molecule has 0 aliphatic rings. The second-order valence-electron chi connectivity index (χ2n) is 4.81. The maximum absolute atomic E-state index is 10.1. The molecule has 16 heavy (non-hydrogen) atoms. The van der Waals surface area contributed by atoms with Crippen LogP contribution in [0.5, 0.6) is 0 Å². The van der Waals surface area contributed by atoms with E-state index in [9.17, 15) is 5.11 Å². The molecule has 1 aromatic carbocycles. The van der Waals surface area contributed by atoms with Crippen LogP contribution in [0.4, 0.5) is 0 Å². The van der Waals surface area contributed by atoms with Crippen molar-refractivity contribution in [3.05, 3.63) is 34.9 Å². The van der Waals surface area contributed by atoms with E-state index in [4.69, 9.17) is 0 Å². The first-order chi connectivity index (χ1) is 7.50. The number of benzene rings is 1. The largest absolute Gasteiger partial charge is 0.388 e. The van der Waals surface area contributed by atoms with Gasteiger partial charge >= 0.3 is 0 Å². The van der Waals surface area contributed by atoms with E-state index < -0.39 is 0 Å². The molecule has 0 spiro atoms. The molecule has 1 nitrogen and oxygen atoms in total. The van der Waals surface area contributed by atoms with Crippen molar-refractivity contribution in [1.29, 1.82) is 0 Å². The highest BCUT2D eigenvalue weighted by Gasteiger charge is 2.10. The van der Waals surface area contributed by atoms with Crippen molar-refractivity contribution < 1.29 is 5.11 Å². The minimum absolute atomic E-state index is 0.330. The molecule has 1 N–H and O–H groups in total. The molecule has 90 valence electrons. The lowest BCUT2D eigenvalue weighted by Crippen LogP contribution is -2.05. The second kappa shape index (κ2) is 6.31. The van der Waals surface area contributed by atoms with E-state index in [0.29, 0.717) is 5.92 Å². The van der Waals surface area contributed by atoms with Gasteiger partial charge < -0.3 is 5.11 Å². The van der Waals surface area contributed by atoms with E-state index in [1.807, 2.05) is 11.8 Å². The highest BCUT2D eigenvalue weighted by atomic mass is 32.2. The van der Waals surface area contributed by atoms with E-state index in [0.717, 1.165) is 17.1 Å². The molecule has 1 aromatic rings. The molecular weight excluding hydrogens is 216 g/mol. The highest BCUT2D eigenvalue weighted by Crippen LogP contribution is 2.23. The Balaban J connectivity index is 2.58. The van der Waals surface area contributed by atoms with Crippen LogP contribution in [0.25, 0.3) is 0 Å². The molecular formula is C14H22OS. The number of thioether (sulfide) groups is 1. The van der Waals surface area contributed by atoms with Gasteiger partial charge in [0.15, 0.2) is 0 Å². The standard InChI is InChI=1S/C14H22OS/c1-10(2)8-16-9-14(15)13-7-11(3)5-6-12(13)4/h5-7,10,14-15H,8-9H2,1-4H3. The summed E-state index contributed by atoms with van der Waals surface area (Å²) < 4.78 is 0. The molecule has 0 heterocycles. The van der Waals surface area contributed by atoms with Gasteiger partial charge in [-0.1, -0.05) is 37.6 Å². The SMILES string of the molecule is Cc1ccc(C)c(C(O)CSCC(C)C)c1. The minimum atomic E-state index is -0.330. The van der Waals surface area contributed by atoms with Crippen LogP contribution >= 0.6 is 11.8 Å². The summed E-state index contributed by atoms with van der Waals surface area (Å²) in [6, 6.07) is 6.27. The highest BCUT2D eigenvalue weighted by molar-refractivity contribution is 7.99. The molecule has 0 aliphatic heterocycles. The average molecular weight is 238 g/mol. The third kappa shape index (κ3) is 4.18. The Labute approximate surface area is 103 Å². The van der Waals surface area contributed by atoms with Crippen LogP contribution in [-0.2, 0) is 0 Å². The first kappa shape index (κ1) is 13.6. The van der Waals surface area contributed by atoms with E-state index in [1.165, 1.54) is 11.1 Å². The van der Waals surface area contributed by atoms with E-state index in [2.05, 4.69) is 45.9 Å². The summed E-state index contributed by atoms with van der Waals surface area (Å²) in [6.45, 7) is 8.54. The number of hydrogen-bond donors (Lipinski definition) is 1.